The summed E-state index contributed by atoms with van der Waals surface area (Å²) in [6, 6.07) is 22.8. The van der Waals surface area contributed by atoms with Crippen LogP contribution in [0.3, 0.4) is 0 Å². The number of hydrogen-bond acceptors (Lipinski definition) is 3. The monoisotopic (exact) mass is 319 g/mol. The Morgan fingerprint density at radius 1 is 0.792 bits per heavy atom. The van der Waals surface area contributed by atoms with Gasteiger partial charge < -0.3 is 15.5 Å². The molecule has 0 radical (unpaired) electrons. The first-order chi connectivity index (χ1) is 11.6. The van der Waals surface area contributed by atoms with E-state index in [0.29, 0.717) is 0 Å². The predicted molar refractivity (Wildman–Crippen MR) is 92.0 cm³/mol. The number of aromatic hydroxyl groups is 2. The fourth-order valence-corrected chi connectivity index (χ4v) is 2.57. The Hall–Kier alpha value is -3.27. The summed E-state index contributed by atoms with van der Waals surface area (Å²) >= 11 is 0. The third-order valence-electron chi connectivity index (χ3n) is 3.77. The van der Waals surface area contributed by atoms with Crippen LogP contribution in [0.2, 0.25) is 0 Å². The van der Waals surface area contributed by atoms with Crippen LogP contribution in [-0.2, 0) is 0 Å². The molecular formula is C20H17NO3. The Kier molecular flexibility index (Phi) is 4.47. The van der Waals surface area contributed by atoms with Crippen LogP contribution in [0.1, 0.15) is 27.5 Å². The van der Waals surface area contributed by atoms with E-state index in [0.717, 1.165) is 17.2 Å². The van der Waals surface area contributed by atoms with Crippen LogP contribution in [-0.4, -0.2) is 16.1 Å². The fraction of sp³-hybridized carbons (Fsp3) is 0.0500. The molecule has 0 spiro atoms. The first kappa shape index (κ1) is 15.6. The van der Waals surface area contributed by atoms with Crippen LogP contribution in [0, 0.1) is 0 Å². The molecule has 3 aromatic carbocycles. The Morgan fingerprint density at radius 2 is 1.33 bits per heavy atom. The lowest BCUT2D eigenvalue weighted by Crippen LogP contribution is -2.29. The number of phenols is 2. The Bertz CT molecular complexity index is 793. The third kappa shape index (κ3) is 3.38. The molecule has 0 saturated carbocycles. The topological polar surface area (TPSA) is 69.6 Å². The van der Waals surface area contributed by atoms with Gasteiger partial charge in [0.25, 0.3) is 5.91 Å². The van der Waals surface area contributed by atoms with Crippen LogP contribution in [0.5, 0.6) is 11.5 Å². The molecule has 3 rings (SSSR count). The standard InChI is InChI=1S/C20H17NO3/c22-16-11-12-17(18(23)13-16)20(24)21-19(14-7-3-1-4-8-14)15-9-5-2-6-10-15/h1-13,19,22-23H,(H,21,24). The highest BCUT2D eigenvalue weighted by molar-refractivity contribution is 5.97. The van der Waals surface area contributed by atoms with Crippen molar-refractivity contribution in [2.45, 2.75) is 6.04 Å². The zero-order valence-corrected chi connectivity index (χ0v) is 12.9. The van der Waals surface area contributed by atoms with Crippen molar-refractivity contribution in [2.24, 2.45) is 0 Å². The van der Waals surface area contributed by atoms with Gasteiger partial charge in [-0.15, -0.1) is 0 Å². The van der Waals surface area contributed by atoms with Crippen molar-refractivity contribution in [3.05, 3.63) is 95.6 Å². The SMILES string of the molecule is O=C(NC(c1ccccc1)c1ccccc1)c1ccc(O)cc1O. The largest absolute Gasteiger partial charge is 0.508 e. The highest BCUT2D eigenvalue weighted by Gasteiger charge is 2.19. The fourth-order valence-electron chi connectivity index (χ4n) is 2.57. The smallest absolute Gasteiger partial charge is 0.255 e. The molecule has 0 heterocycles. The molecule has 0 aliphatic heterocycles. The highest BCUT2D eigenvalue weighted by Crippen LogP contribution is 2.26. The number of phenolic OH excluding ortho intramolecular Hbond substituents is 2. The van der Waals surface area contributed by atoms with Crippen LogP contribution in [0.25, 0.3) is 0 Å². The summed E-state index contributed by atoms with van der Waals surface area (Å²) in [5, 5.41) is 22.2. The molecule has 1 amide bonds. The summed E-state index contributed by atoms with van der Waals surface area (Å²) in [6.45, 7) is 0. The number of nitrogens with one attached hydrogen (secondary N) is 1. The Balaban J connectivity index is 1.94. The lowest BCUT2D eigenvalue weighted by atomic mass is 9.98. The van der Waals surface area contributed by atoms with E-state index in [2.05, 4.69) is 5.32 Å². The molecule has 0 aromatic heterocycles. The molecule has 0 aliphatic rings. The van der Waals surface area contributed by atoms with Gasteiger partial charge in [0, 0.05) is 6.07 Å². The number of amides is 1. The van der Waals surface area contributed by atoms with Gasteiger partial charge in [-0.1, -0.05) is 60.7 Å². The second-order valence-electron chi connectivity index (χ2n) is 5.43. The van der Waals surface area contributed by atoms with E-state index in [1.165, 1.54) is 12.1 Å². The minimum atomic E-state index is -0.412. The van der Waals surface area contributed by atoms with E-state index in [9.17, 15) is 15.0 Å². The number of benzene rings is 3. The van der Waals surface area contributed by atoms with Crippen molar-refractivity contribution < 1.29 is 15.0 Å². The van der Waals surface area contributed by atoms with Gasteiger partial charge in [0.2, 0.25) is 0 Å². The molecule has 120 valence electrons. The molecule has 24 heavy (non-hydrogen) atoms. The van der Waals surface area contributed by atoms with Gasteiger partial charge >= 0.3 is 0 Å². The van der Waals surface area contributed by atoms with E-state index < -0.39 is 5.91 Å². The first-order valence-corrected chi connectivity index (χ1v) is 7.58. The summed E-state index contributed by atoms with van der Waals surface area (Å²) in [6.07, 6.45) is 0. The van der Waals surface area contributed by atoms with Gasteiger partial charge in [-0.3, -0.25) is 4.79 Å². The van der Waals surface area contributed by atoms with Crippen molar-refractivity contribution in [3.8, 4) is 11.5 Å². The van der Waals surface area contributed by atoms with E-state index in [1.54, 1.807) is 0 Å². The highest BCUT2D eigenvalue weighted by atomic mass is 16.3. The van der Waals surface area contributed by atoms with Crippen LogP contribution in [0.4, 0.5) is 0 Å². The van der Waals surface area contributed by atoms with Crippen LogP contribution in [0.15, 0.2) is 78.9 Å². The quantitative estimate of drug-likeness (QED) is 0.688. The van der Waals surface area contributed by atoms with E-state index in [-0.39, 0.29) is 23.1 Å². The van der Waals surface area contributed by atoms with Crippen LogP contribution < -0.4 is 5.32 Å². The molecule has 4 nitrogen and oxygen atoms in total. The molecular weight excluding hydrogens is 302 g/mol. The minimum Gasteiger partial charge on any atom is -0.508 e. The summed E-state index contributed by atoms with van der Waals surface area (Å²) in [5.41, 5.74) is 2.00. The maximum atomic E-state index is 12.6. The Labute approximate surface area is 140 Å². The molecule has 0 unspecified atom stereocenters. The normalized spacial score (nSPS) is 10.5. The predicted octanol–water partition coefficient (Wildman–Crippen LogP) is 3.62. The van der Waals surface area contributed by atoms with Crippen molar-refractivity contribution in [2.75, 3.05) is 0 Å². The van der Waals surface area contributed by atoms with Gasteiger partial charge in [-0.05, 0) is 23.3 Å². The van der Waals surface area contributed by atoms with Crippen LogP contribution >= 0.6 is 0 Å². The minimum absolute atomic E-state index is 0.0910. The lowest BCUT2D eigenvalue weighted by Gasteiger charge is -2.20. The van der Waals surface area contributed by atoms with E-state index in [4.69, 9.17) is 0 Å². The lowest BCUT2D eigenvalue weighted by molar-refractivity contribution is 0.0940. The van der Waals surface area contributed by atoms with E-state index in [1.807, 2.05) is 60.7 Å². The average Bonchev–Trinajstić information content (AvgIpc) is 2.61. The summed E-state index contributed by atoms with van der Waals surface area (Å²) < 4.78 is 0. The van der Waals surface area contributed by atoms with Gasteiger partial charge in [0.05, 0.1) is 11.6 Å². The maximum absolute atomic E-state index is 12.6. The molecule has 3 N–H and O–H groups in total. The van der Waals surface area contributed by atoms with Gasteiger partial charge in [0.1, 0.15) is 11.5 Å². The molecule has 0 bridgehead atoms. The molecule has 0 atom stereocenters. The van der Waals surface area contributed by atoms with Crippen molar-refractivity contribution >= 4 is 5.91 Å². The summed E-state index contributed by atoms with van der Waals surface area (Å²) in [7, 11) is 0. The second-order valence-corrected chi connectivity index (χ2v) is 5.43. The summed E-state index contributed by atoms with van der Waals surface area (Å²) in [4.78, 5) is 12.6. The van der Waals surface area contributed by atoms with Crippen molar-refractivity contribution in [3.63, 3.8) is 0 Å². The van der Waals surface area contributed by atoms with Gasteiger partial charge in [0.15, 0.2) is 0 Å². The molecule has 4 heteroatoms. The zero-order valence-electron chi connectivity index (χ0n) is 12.9. The maximum Gasteiger partial charge on any atom is 0.255 e. The molecule has 0 aliphatic carbocycles. The van der Waals surface area contributed by atoms with Crippen molar-refractivity contribution in [1.29, 1.82) is 0 Å². The van der Waals surface area contributed by atoms with Gasteiger partial charge in [-0.2, -0.15) is 0 Å². The number of hydrogen-bond donors (Lipinski definition) is 3. The van der Waals surface area contributed by atoms with E-state index >= 15 is 0 Å². The summed E-state index contributed by atoms with van der Waals surface area (Å²) in [5.74, 6) is -0.760. The van der Waals surface area contributed by atoms with Crippen molar-refractivity contribution in [1.82, 2.24) is 5.32 Å². The van der Waals surface area contributed by atoms with Gasteiger partial charge in [-0.25, -0.2) is 0 Å². The number of carbonyl (C=O) groups excluding carboxylic acids is 1. The second kappa shape index (κ2) is 6.87. The average molecular weight is 319 g/mol. The molecule has 0 saturated heterocycles. The first-order valence-electron chi connectivity index (χ1n) is 7.58. The molecule has 0 fully saturated rings. The zero-order chi connectivity index (χ0) is 16.9. The number of carbonyl (C=O) groups is 1. The Morgan fingerprint density at radius 3 is 1.83 bits per heavy atom. The molecule has 3 aromatic rings. The third-order valence-corrected chi connectivity index (χ3v) is 3.77. The number of rotatable bonds is 4.